The molecule has 0 rings (SSSR count). The van der Waals surface area contributed by atoms with Crippen LogP contribution in [0.25, 0.3) is 0 Å². The average molecular weight is 298 g/mol. The summed E-state index contributed by atoms with van der Waals surface area (Å²) < 4.78 is 10.2. The smallest absolute Gasteiger partial charge is 0.333 e. The van der Waals surface area contributed by atoms with E-state index in [9.17, 15) is 9.59 Å². The average Bonchev–Trinajstić information content (AvgIpc) is 2.28. The molecule has 0 fully saturated rings. The summed E-state index contributed by atoms with van der Waals surface area (Å²) in [5, 5.41) is 0. The molecule has 0 aromatic heterocycles. The summed E-state index contributed by atoms with van der Waals surface area (Å²) in [6.45, 7) is 17.6. The molecular formula is C17H30O4. The fourth-order valence-electron chi connectivity index (χ4n) is 1.86. The molecule has 0 aromatic rings. The molecular weight excluding hydrogens is 268 g/mol. The lowest BCUT2D eigenvalue weighted by atomic mass is 9.72. The largest absolute Gasteiger partial charge is 0.462 e. The van der Waals surface area contributed by atoms with Crippen LogP contribution in [0.1, 0.15) is 54.9 Å². The van der Waals surface area contributed by atoms with Crippen LogP contribution in [0.15, 0.2) is 12.2 Å². The first kappa shape index (κ1) is 19.7. The maximum absolute atomic E-state index is 12.3. The second kappa shape index (κ2) is 7.62. The third-order valence-corrected chi connectivity index (χ3v) is 3.06. The van der Waals surface area contributed by atoms with Gasteiger partial charge in [-0.15, -0.1) is 0 Å². The molecule has 0 saturated heterocycles. The number of ether oxygens (including phenoxy) is 2. The summed E-state index contributed by atoms with van der Waals surface area (Å²) in [7, 11) is 0. The van der Waals surface area contributed by atoms with E-state index < -0.39 is 5.97 Å². The highest BCUT2D eigenvalue weighted by atomic mass is 16.6. The van der Waals surface area contributed by atoms with Gasteiger partial charge in [-0.3, -0.25) is 4.79 Å². The Morgan fingerprint density at radius 2 is 1.48 bits per heavy atom. The van der Waals surface area contributed by atoms with E-state index in [2.05, 4.69) is 27.4 Å². The van der Waals surface area contributed by atoms with Gasteiger partial charge in [0.05, 0.1) is 5.92 Å². The zero-order valence-electron chi connectivity index (χ0n) is 14.5. The van der Waals surface area contributed by atoms with E-state index in [4.69, 9.17) is 9.47 Å². The first-order valence-corrected chi connectivity index (χ1v) is 7.34. The van der Waals surface area contributed by atoms with E-state index in [0.717, 1.165) is 6.42 Å². The van der Waals surface area contributed by atoms with Gasteiger partial charge >= 0.3 is 11.9 Å². The number of carbonyl (C=O) groups is 2. The minimum absolute atomic E-state index is 0.0450. The summed E-state index contributed by atoms with van der Waals surface area (Å²) in [6, 6.07) is 0. The highest BCUT2D eigenvalue weighted by Crippen LogP contribution is 2.36. The highest BCUT2D eigenvalue weighted by molar-refractivity contribution is 5.86. The first-order chi connectivity index (χ1) is 9.34. The summed E-state index contributed by atoms with van der Waals surface area (Å²) in [5.74, 6) is -0.883. The van der Waals surface area contributed by atoms with Crippen LogP contribution >= 0.6 is 0 Å². The molecule has 122 valence electrons. The zero-order valence-corrected chi connectivity index (χ0v) is 14.5. The lowest BCUT2D eigenvalue weighted by molar-refractivity contribution is -0.158. The summed E-state index contributed by atoms with van der Waals surface area (Å²) >= 11 is 0. The SMILES string of the molecule is C=C(C)C(=O)OCCOC(=O)C(CC(C)(C)C)C(C)(C)C. The number of hydrogen-bond acceptors (Lipinski definition) is 4. The quantitative estimate of drug-likeness (QED) is 0.426. The molecule has 21 heavy (non-hydrogen) atoms. The fraction of sp³-hybridized carbons (Fsp3) is 0.765. The van der Waals surface area contributed by atoms with Crippen molar-refractivity contribution < 1.29 is 19.1 Å². The molecule has 0 saturated carbocycles. The van der Waals surface area contributed by atoms with Crippen LogP contribution in [-0.4, -0.2) is 25.2 Å². The van der Waals surface area contributed by atoms with Gasteiger partial charge in [0, 0.05) is 5.57 Å². The van der Waals surface area contributed by atoms with Crippen LogP contribution in [0.5, 0.6) is 0 Å². The Balaban J connectivity index is 4.44. The monoisotopic (exact) mass is 298 g/mol. The second-order valence-corrected chi connectivity index (χ2v) is 7.77. The van der Waals surface area contributed by atoms with Gasteiger partial charge in [0.25, 0.3) is 0 Å². The van der Waals surface area contributed by atoms with Gasteiger partial charge in [-0.05, 0) is 24.2 Å². The number of hydrogen-bond donors (Lipinski definition) is 0. The van der Waals surface area contributed by atoms with Crippen LogP contribution in [0, 0.1) is 16.7 Å². The van der Waals surface area contributed by atoms with Gasteiger partial charge in [0.2, 0.25) is 0 Å². The molecule has 0 aliphatic rings. The molecule has 0 heterocycles. The zero-order chi connectivity index (χ0) is 16.8. The van der Waals surface area contributed by atoms with Gasteiger partial charge < -0.3 is 9.47 Å². The lowest BCUT2D eigenvalue weighted by Gasteiger charge is -2.33. The number of rotatable bonds is 6. The standard InChI is InChI=1S/C17H30O4/c1-12(2)14(18)20-9-10-21-15(19)13(17(6,7)8)11-16(3,4)5/h13H,1,9-11H2,2-8H3. The molecule has 0 amide bonds. The highest BCUT2D eigenvalue weighted by Gasteiger charge is 2.35. The van der Waals surface area contributed by atoms with Crippen molar-refractivity contribution in [3.05, 3.63) is 12.2 Å². The molecule has 0 N–H and O–H groups in total. The third kappa shape index (κ3) is 8.53. The molecule has 1 atom stereocenters. The summed E-state index contributed by atoms with van der Waals surface area (Å²) in [6.07, 6.45) is 0.751. The normalized spacial score (nSPS) is 13.5. The molecule has 0 radical (unpaired) electrons. The van der Waals surface area contributed by atoms with Crippen molar-refractivity contribution in [1.29, 1.82) is 0 Å². The van der Waals surface area contributed by atoms with Gasteiger partial charge in [-0.1, -0.05) is 48.1 Å². The molecule has 0 bridgehead atoms. The molecule has 4 heteroatoms. The lowest BCUT2D eigenvalue weighted by Crippen LogP contribution is -2.34. The van der Waals surface area contributed by atoms with E-state index in [1.54, 1.807) is 6.92 Å². The van der Waals surface area contributed by atoms with Crippen molar-refractivity contribution in [2.45, 2.75) is 54.9 Å². The van der Waals surface area contributed by atoms with E-state index in [-0.39, 0.29) is 35.9 Å². The fourth-order valence-corrected chi connectivity index (χ4v) is 1.86. The maximum Gasteiger partial charge on any atom is 0.333 e. The van der Waals surface area contributed by atoms with Crippen molar-refractivity contribution in [3.63, 3.8) is 0 Å². The Morgan fingerprint density at radius 3 is 1.86 bits per heavy atom. The Kier molecular flexibility index (Phi) is 7.14. The van der Waals surface area contributed by atoms with Gasteiger partial charge in [-0.25, -0.2) is 4.79 Å². The summed E-state index contributed by atoms with van der Waals surface area (Å²) in [4.78, 5) is 23.5. The molecule has 0 aliphatic carbocycles. The number of carbonyl (C=O) groups excluding carboxylic acids is 2. The van der Waals surface area contributed by atoms with Crippen LogP contribution < -0.4 is 0 Å². The van der Waals surface area contributed by atoms with Crippen molar-refractivity contribution in [2.24, 2.45) is 16.7 Å². The molecule has 1 unspecified atom stereocenters. The van der Waals surface area contributed by atoms with Crippen molar-refractivity contribution in [2.75, 3.05) is 13.2 Å². The molecule has 0 aromatic carbocycles. The number of esters is 2. The third-order valence-electron chi connectivity index (χ3n) is 3.06. The van der Waals surface area contributed by atoms with E-state index in [1.165, 1.54) is 0 Å². The molecule has 0 spiro atoms. The van der Waals surface area contributed by atoms with Crippen molar-refractivity contribution in [3.8, 4) is 0 Å². The van der Waals surface area contributed by atoms with Gasteiger partial charge in [0.1, 0.15) is 13.2 Å². The van der Waals surface area contributed by atoms with Crippen LogP contribution in [0.2, 0.25) is 0 Å². The van der Waals surface area contributed by atoms with Crippen LogP contribution in [0.4, 0.5) is 0 Å². The topological polar surface area (TPSA) is 52.6 Å². The predicted octanol–water partition coefficient (Wildman–Crippen LogP) is 3.75. The Labute approximate surface area is 128 Å². The Bertz CT molecular complexity index is 383. The predicted molar refractivity (Wildman–Crippen MR) is 83.7 cm³/mol. The molecule has 0 aliphatic heterocycles. The maximum atomic E-state index is 12.3. The van der Waals surface area contributed by atoms with Crippen LogP contribution in [-0.2, 0) is 19.1 Å². The van der Waals surface area contributed by atoms with E-state index >= 15 is 0 Å². The van der Waals surface area contributed by atoms with Crippen molar-refractivity contribution >= 4 is 11.9 Å². The van der Waals surface area contributed by atoms with Crippen LogP contribution in [0.3, 0.4) is 0 Å². The Hall–Kier alpha value is -1.32. The first-order valence-electron chi connectivity index (χ1n) is 7.34. The van der Waals surface area contributed by atoms with Gasteiger partial charge in [-0.2, -0.15) is 0 Å². The van der Waals surface area contributed by atoms with Crippen molar-refractivity contribution in [1.82, 2.24) is 0 Å². The van der Waals surface area contributed by atoms with E-state index in [1.807, 2.05) is 20.8 Å². The van der Waals surface area contributed by atoms with E-state index in [0.29, 0.717) is 5.57 Å². The molecule has 4 nitrogen and oxygen atoms in total. The minimum atomic E-state index is -0.465. The summed E-state index contributed by atoms with van der Waals surface area (Å²) in [5.41, 5.74) is 0.212. The second-order valence-electron chi connectivity index (χ2n) is 7.77. The Morgan fingerprint density at radius 1 is 1.00 bits per heavy atom. The minimum Gasteiger partial charge on any atom is -0.462 e. The van der Waals surface area contributed by atoms with Gasteiger partial charge in [0.15, 0.2) is 0 Å².